The molecule has 4 rings (SSSR count). The predicted octanol–water partition coefficient (Wildman–Crippen LogP) is 4.40. The number of nitrogens with one attached hydrogen (secondary N) is 1. The standard InChI is InChI=1S/C22H19N3O4/c1-3-29-15-9-7-13(8-10-15)18-12-17(22(26)27)19-20(24-25-21(19)23-18)14-5-4-6-16(11-14)28-2/h4-12H,3H2,1-2H3,(H,26,27)(H,23,24,25). The van der Waals surface area contributed by atoms with Gasteiger partial charge in [-0.2, -0.15) is 5.10 Å². The second-order valence-electron chi connectivity index (χ2n) is 6.35. The van der Waals surface area contributed by atoms with E-state index in [2.05, 4.69) is 15.2 Å². The normalized spacial score (nSPS) is 10.8. The highest BCUT2D eigenvalue weighted by Crippen LogP contribution is 2.33. The summed E-state index contributed by atoms with van der Waals surface area (Å²) in [5.74, 6) is 0.368. The minimum atomic E-state index is -1.05. The number of pyridine rings is 1. The molecule has 0 aliphatic rings. The van der Waals surface area contributed by atoms with Gasteiger partial charge >= 0.3 is 5.97 Å². The lowest BCUT2D eigenvalue weighted by atomic mass is 10.0. The fourth-order valence-corrected chi connectivity index (χ4v) is 3.22. The number of carbonyl (C=O) groups is 1. The van der Waals surface area contributed by atoms with E-state index in [0.29, 0.717) is 34.8 Å². The number of benzene rings is 2. The summed E-state index contributed by atoms with van der Waals surface area (Å²) in [7, 11) is 1.58. The molecular formula is C22H19N3O4. The monoisotopic (exact) mass is 389 g/mol. The molecule has 0 aliphatic carbocycles. The lowest BCUT2D eigenvalue weighted by Gasteiger charge is -2.08. The van der Waals surface area contributed by atoms with Crippen LogP contribution in [-0.4, -0.2) is 40.0 Å². The highest BCUT2D eigenvalue weighted by molar-refractivity contribution is 6.08. The highest BCUT2D eigenvalue weighted by atomic mass is 16.5. The maximum atomic E-state index is 12.0. The summed E-state index contributed by atoms with van der Waals surface area (Å²) in [6, 6.07) is 16.3. The van der Waals surface area contributed by atoms with Crippen LogP contribution in [0.4, 0.5) is 0 Å². The van der Waals surface area contributed by atoms with Crippen LogP contribution < -0.4 is 9.47 Å². The number of ether oxygens (including phenoxy) is 2. The maximum absolute atomic E-state index is 12.0. The fraction of sp³-hybridized carbons (Fsp3) is 0.136. The average Bonchev–Trinajstić information content (AvgIpc) is 3.18. The van der Waals surface area contributed by atoms with Gasteiger partial charge in [-0.1, -0.05) is 12.1 Å². The Morgan fingerprint density at radius 3 is 2.55 bits per heavy atom. The molecule has 7 nitrogen and oxygen atoms in total. The number of carboxylic acid groups (broad SMARTS) is 1. The summed E-state index contributed by atoms with van der Waals surface area (Å²) in [6.07, 6.45) is 0. The summed E-state index contributed by atoms with van der Waals surface area (Å²) in [4.78, 5) is 16.6. The van der Waals surface area contributed by atoms with E-state index >= 15 is 0 Å². The third kappa shape index (κ3) is 3.50. The van der Waals surface area contributed by atoms with Crippen molar-refractivity contribution in [3.05, 3.63) is 60.2 Å². The Kier molecular flexibility index (Phi) is 4.87. The van der Waals surface area contributed by atoms with Crippen molar-refractivity contribution in [3.63, 3.8) is 0 Å². The van der Waals surface area contributed by atoms with Gasteiger partial charge in [-0.05, 0) is 49.4 Å². The van der Waals surface area contributed by atoms with Gasteiger partial charge in [0.15, 0.2) is 5.65 Å². The summed E-state index contributed by atoms with van der Waals surface area (Å²) >= 11 is 0. The quantitative estimate of drug-likeness (QED) is 0.507. The number of nitrogens with zero attached hydrogens (tertiary/aromatic N) is 2. The van der Waals surface area contributed by atoms with E-state index in [9.17, 15) is 9.90 Å². The van der Waals surface area contributed by atoms with Gasteiger partial charge in [-0.25, -0.2) is 9.78 Å². The topological polar surface area (TPSA) is 97.3 Å². The molecule has 0 atom stereocenters. The van der Waals surface area contributed by atoms with E-state index in [1.54, 1.807) is 13.2 Å². The SMILES string of the molecule is CCOc1ccc(-c2cc(C(=O)O)c3c(-c4cccc(OC)c4)[nH]nc3n2)cc1. The van der Waals surface area contributed by atoms with E-state index in [0.717, 1.165) is 16.9 Å². The third-order valence-corrected chi connectivity index (χ3v) is 4.57. The summed E-state index contributed by atoms with van der Waals surface area (Å²) < 4.78 is 10.7. The van der Waals surface area contributed by atoms with Gasteiger partial charge in [0.25, 0.3) is 0 Å². The highest BCUT2D eigenvalue weighted by Gasteiger charge is 2.20. The molecule has 2 aromatic carbocycles. The third-order valence-electron chi connectivity index (χ3n) is 4.57. The van der Waals surface area contributed by atoms with Crippen LogP contribution in [0.15, 0.2) is 54.6 Å². The van der Waals surface area contributed by atoms with E-state index in [1.807, 2.05) is 55.5 Å². The molecule has 0 spiro atoms. The van der Waals surface area contributed by atoms with Crippen molar-refractivity contribution in [1.82, 2.24) is 15.2 Å². The lowest BCUT2D eigenvalue weighted by molar-refractivity contribution is 0.0699. The van der Waals surface area contributed by atoms with E-state index in [-0.39, 0.29) is 5.56 Å². The molecule has 0 amide bonds. The van der Waals surface area contributed by atoms with Crippen LogP contribution in [-0.2, 0) is 0 Å². The fourth-order valence-electron chi connectivity index (χ4n) is 3.22. The Bertz CT molecular complexity index is 1180. The van der Waals surface area contributed by atoms with Gasteiger partial charge in [0.05, 0.1) is 36.1 Å². The van der Waals surface area contributed by atoms with Crippen molar-refractivity contribution >= 4 is 17.0 Å². The van der Waals surface area contributed by atoms with Crippen LogP contribution >= 0.6 is 0 Å². The number of fused-ring (bicyclic) bond motifs is 1. The van der Waals surface area contributed by atoms with Crippen LogP contribution in [0.2, 0.25) is 0 Å². The second-order valence-corrected chi connectivity index (χ2v) is 6.35. The number of aromatic amines is 1. The number of carboxylic acids is 1. The van der Waals surface area contributed by atoms with Crippen molar-refractivity contribution in [2.24, 2.45) is 0 Å². The van der Waals surface area contributed by atoms with Gasteiger partial charge < -0.3 is 14.6 Å². The Labute approximate surface area is 166 Å². The van der Waals surface area contributed by atoms with E-state index < -0.39 is 5.97 Å². The molecule has 29 heavy (non-hydrogen) atoms. The number of rotatable bonds is 6. The molecule has 2 aromatic heterocycles. The number of H-pyrrole nitrogens is 1. The maximum Gasteiger partial charge on any atom is 0.336 e. The molecule has 0 saturated heterocycles. The van der Waals surface area contributed by atoms with Crippen LogP contribution in [0.3, 0.4) is 0 Å². The van der Waals surface area contributed by atoms with E-state index in [1.165, 1.54) is 0 Å². The van der Waals surface area contributed by atoms with Gasteiger partial charge in [0, 0.05) is 11.1 Å². The molecule has 0 saturated carbocycles. The molecule has 146 valence electrons. The molecule has 0 radical (unpaired) electrons. The first-order valence-electron chi connectivity index (χ1n) is 9.10. The summed E-state index contributed by atoms with van der Waals surface area (Å²) in [5.41, 5.74) is 3.13. The van der Waals surface area contributed by atoms with Crippen LogP contribution in [0.5, 0.6) is 11.5 Å². The molecule has 0 bridgehead atoms. The molecule has 4 aromatic rings. The number of hydrogen-bond donors (Lipinski definition) is 2. The number of hydrogen-bond acceptors (Lipinski definition) is 5. The molecule has 0 fully saturated rings. The second kappa shape index (κ2) is 7.63. The van der Waals surface area contributed by atoms with Crippen molar-refractivity contribution in [2.75, 3.05) is 13.7 Å². The molecule has 0 unspecified atom stereocenters. The summed E-state index contributed by atoms with van der Waals surface area (Å²) in [5, 5.41) is 17.5. The number of aromatic nitrogens is 3. The molecule has 2 heterocycles. The predicted molar refractivity (Wildman–Crippen MR) is 109 cm³/mol. The Morgan fingerprint density at radius 2 is 1.86 bits per heavy atom. The Balaban J connectivity index is 1.86. The molecular weight excluding hydrogens is 370 g/mol. The van der Waals surface area contributed by atoms with Gasteiger partial charge in [0.1, 0.15) is 11.5 Å². The largest absolute Gasteiger partial charge is 0.497 e. The molecule has 2 N–H and O–H groups in total. The van der Waals surface area contributed by atoms with Gasteiger partial charge in [-0.15, -0.1) is 0 Å². The van der Waals surface area contributed by atoms with Crippen molar-refractivity contribution in [3.8, 4) is 34.0 Å². The zero-order valence-corrected chi connectivity index (χ0v) is 16.0. The van der Waals surface area contributed by atoms with Crippen molar-refractivity contribution in [1.29, 1.82) is 0 Å². The lowest BCUT2D eigenvalue weighted by Crippen LogP contribution is -2.00. The zero-order valence-electron chi connectivity index (χ0n) is 16.0. The first kappa shape index (κ1) is 18.5. The van der Waals surface area contributed by atoms with Gasteiger partial charge in [0.2, 0.25) is 0 Å². The zero-order chi connectivity index (χ0) is 20.4. The van der Waals surface area contributed by atoms with Crippen LogP contribution in [0, 0.1) is 0 Å². The minimum Gasteiger partial charge on any atom is -0.497 e. The van der Waals surface area contributed by atoms with Crippen LogP contribution in [0.1, 0.15) is 17.3 Å². The Morgan fingerprint density at radius 1 is 1.07 bits per heavy atom. The molecule has 7 heteroatoms. The minimum absolute atomic E-state index is 0.130. The number of methoxy groups -OCH3 is 1. The molecule has 0 aliphatic heterocycles. The van der Waals surface area contributed by atoms with Gasteiger partial charge in [-0.3, -0.25) is 5.10 Å². The first-order valence-corrected chi connectivity index (χ1v) is 9.10. The van der Waals surface area contributed by atoms with E-state index in [4.69, 9.17) is 9.47 Å². The smallest absolute Gasteiger partial charge is 0.336 e. The first-order chi connectivity index (χ1) is 14.1. The van der Waals surface area contributed by atoms with Crippen molar-refractivity contribution in [2.45, 2.75) is 6.92 Å². The number of aromatic carboxylic acids is 1. The summed E-state index contributed by atoms with van der Waals surface area (Å²) in [6.45, 7) is 2.49. The average molecular weight is 389 g/mol. The van der Waals surface area contributed by atoms with Crippen LogP contribution in [0.25, 0.3) is 33.5 Å². The Hall–Kier alpha value is -3.87. The van der Waals surface area contributed by atoms with Crippen molar-refractivity contribution < 1.29 is 19.4 Å².